The number of carbonyl (C=O) groups excluding carboxylic acids is 1. The second-order valence-corrected chi connectivity index (χ2v) is 8.24. The first-order chi connectivity index (χ1) is 12.1. The molecular weight excluding hydrogens is 308 g/mol. The second-order valence-electron chi connectivity index (χ2n) is 8.24. The van der Waals surface area contributed by atoms with E-state index in [0.717, 1.165) is 12.3 Å². The van der Waals surface area contributed by atoms with E-state index in [0.29, 0.717) is 18.9 Å². The van der Waals surface area contributed by atoms with Crippen LogP contribution in [0.15, 0.2) is 0 Å². The highest BCUT2D eigenvalue weighted by molar-refractivity contribution is 5.69. The molecule has 0 rings (SSSR count). The van der Waals surface area contributed by atoms with E-state index in [9.17, 15) is 4.79 Å². The fourth-order valence-electron chi connectivity index (χ4n) is 3.39. The van der Waals surface area contributed by atoms with E-state index in [1.165, 1.54) is 83.5 Å². The van der Waals surface area contributed by atoms with Crippen LogP contribution in [0.5, 0.6) is 0 Å². The van der Waals surface area contributed by atoms with Crippen LogP contribution in [-0.2, 0) is 9.53 Å². The van der Waals surface area contributed by atoms with Crippen LogP contribution in [0.2, 0.25) is 0 Å². The first kappa shape index (κ1) is 24.5. The Labute approximate surface area is 158 Å². The lowest BCUT2D eigenvalue weighted by molar-refractivity contribution is -0.145. The summed E-state index contributed by atoms with van der Waals surface area (Å²) < 4.78 is 5.53. The van der Waals surface area contributed by atoms with Gasteiger partial charge in [-0.2, -0.15) is 0 Å². The van der Waals surface area contributed by atoms with Gasteiger partial charge in [-0.05, 0) is 31.1 Å². The maximum absolute atomic E-state index is 11.9. The van der Waals surface area contributed by atoms with Gasteiger partial charge in [-0.1, -0.05) is 98.3 Å². The number of ether oxygens (including phenoxy) is 1. The van der Waals surface area contributed by atoms with Gasteiger partial charge >= 0.3 is 5.97 Å². The molecule has 0 aliphatic heterocycles. The Bertz CT molecular complexity index is 286. The predicted molar refractivity (Wildman–Crippen MR) is 110 cm³/mol. The molecule has 2 heteroatoms. The molecule has 0 spiro atoms. The third-order valence-corrected chi connectivity index (χ3v) is 5.06. The second kappa shape index (κ2) is 18.3. The lowest BCUT2D eigenvalue weighted by Gasteiger charge is -2.16. The molecule has 1 atom stereocenters. The average molecular weight is 355 g/mol. The SMILES string of the molecule is CCCCCC(CCC)COC(=O)CCCCCCCCCC(C)C. The van der Waals surface area contributed by atoms with Gasteiger partial charge in [0.15, 0.2) is 0 Å². The van der Waals surface area contributed by atoms with Gasteiger partial charge < -0.3 is 4.74 Å². The molecule has 0 aliphatic carbocycles. The van der Waals surface area contributed by atoms with Gasteiger partial charge in [-0.3, -0.25) is 4.79 Å². The summed E-state index contributed by atoms with van der Waals surface area (Å²) in [6, 6.07) is 0. The van der Waals surface area contributed by atoms with Crippen LogP contribution >= 0.6 is 0 Å². The highest BCUT2D eigenvalue weighted by Gasteiger charge is 2.11. The minimum Gasteiger partial charge on any atom is -0.465 e. The molecule has 0 saturated carbocycles. The van der Waals surface area contributed by atoms with E-state index in [1.54, 1.807) is 0 Å². The Morgan fingerprint density at radius 3 is 1.92 bits per heavy atom. The Morgan fingerprint density at radius 2 is 1.32 bits per heavy atom. The minimum atomic E-state index is 0.0218. The molecule has 0 radical (unpaired) electrons. The number of rotatable bonds is 18. The average Bonchev–Trinajstić information content (AvgIpc) is 2.58. The minimum absolute atomic E-state index is 0.0218. The van der Waals surface area contributed by atoms with E-state index in [-0.39, 0.29) is 5.97 Å². The van der Waals surface area contributed by atoms with Gasteiger partial charge in [0.25, 0.3) is 0 Å². The molecule has 0 saturated heterocycles. The zero-order chi connectivity index (χ0) is 18.8. The molecule has 0 aromatic heterocycles. The fraction of sp³-hybridized carbons (Fsp3) is 0.957. The van der Waals surface area contributed by atoms with E-state index < -0.39 is 0 Å². The normalized spacial score (nSPS) is 12.5. The van der Waals surface area contributed by atoms with Crippen molar-refractivity contribution in [1.29, 1.82) is 0 Å². The monoisotopic (exact) mass is 354 g/mol. The van der Waals surface area contributed by atoms with Crippen molar-refractivity contribution in [2.75, 3.05) is 6.61 Å². The van der Waals surface area contributed by atoms with Crippen LogP contribution in [0.3, 0.4) is 0 Å². The van der Waals surface area contributed by atoms with Gasteiger partial charge in [0.1, 0.15) is 0 Å². The van der Waals surface area contributed by atoms with Crippen molar-refractivity contribution in [2.45, 2.75) is 124 Å². The van der Waals surface area contributed by atoms with Gasteiger partial charge in [0, 0.05) is 6.42 Å². The van der Waals surface area contributed by atoms with Crippen molar-refractivity contribution in [3.05, 3.63) is 0 Å². The standard InChI is InChI=1S/C23H46O2/c1-5-7-13-18-22(16-6-2)20-25-23(24)19-15-12-10-8-9-11-14-17-21(3)4/h21-22H,5-20H2,1-4H3. The maximum Gasteiger partial charge on any atom is 0.305 e. The van der Waals surface area contributed by atoms with Gasteiger partial charge in [0.05, 0.1) is 6.61 Å². The molecule has 0 N–H and O–H groups in total. The molecule has 0 bridgehead atoms. The van der Waals surface area contributed by atoms with E-state index >= 15 is 0 Å². The molecule has 1 unspecified atom stereocenters. The summed E-state index contributed by atoms with van der Waals surface area (Å²) in [5, 5.41) is 0. The number of esters is 1. The van der Waals surface area contributed by atoms with Crippen molar-refractivity contribution in [3.8, 4) is 0 Å². The third-order valence-electron chi connectivity index (χ3n) is 5.06. The van der Waals surface area contributed by atoms with Crippen LogP contribution in [0.1, 0.15) is 124 Å². The third kappa shape index (κ3) is 18.1. The van der Waals surface area contributed by atoms with Crippen molar-refractivity contribution >= 4 is 5.97 Å². The molecule has 0 aromatic carbocycles. The molecule has 0 heterocycles. The van der Waals surface area contributed by atoms with Crippen LogP contribution in [0.25, 0.3) is 0 Å². The van der Waals surface area contributed by atoms with Crippen LogP contribution in [0, 0.1) is 11.8 Å². The van der Waals surface area contributed by atoms with E-state index in [4.69, 9.17) is 4.74 Å². The maximum atomic E-state index is 11.9. The number of carbonyl (C=O) groups is 1. The lowest BCUT2D eigenvalue weighted by Crippen LogP contribution is -2.14. The molecule has 0 amide bonds. The predicted octanol–water partition coefficient (Wildman–Crippen LogP) is 7.69. The summed E-state index contributed by atoms with van der Waals surface area (Å²) in [5.74, 6) is 1.44. The zero-order valence-electron chi connectivity index (χ0n) is 17.8. The van der Waals surface area contributed by atoms with Gasteiger partial charge in [-0.25, -0.2) is 0 Å². The molecular formula is C23H46O2. The molecule has 0 aliphatic rings. The van der Waals surface area contributed by atoms with Crippen molar-refractivity contribution in [3.63, 3.8) is 0 Å². The largest absolute Gasteiger partial charge is 0.465 e. The van der Waals surface area contributed by atoms with E-state index in [1.807, 2.05) is 0 Å². The van der Waals surface area contributed by atoms with Crippen molar-refractivity contribution < 1.29 is 9.53 Å². The van der Waals surface area contributed by atoms with E-state index in [2.05, 4.69) is 27.7 Å². The summed E-state index contributed by atoms with van der Waals surface area (Å²) in [6.07, 6.45) is 18.3. The Hall–Kier alpha value is -0.530. The molecule has 25 heavy (non-hydrogen) atoms. The van der Waals surface area contributed by atoms with Crippen molar-refractivity contribution in [1.82, 2.24) is 0 Å². The van der Waals surface area contributed by atoms with Crippen molar-refractivity contribution in [2.24, 2.45) is 11.8 Å². The summed E-state index contributed by atoms with van der Waals surface area (Å²) >= 11 is 0. The zero-order valence-corrected chi connectivity index (χ0v) is 17.8. The Balaban J connectivity index is 3.52. The Kier molecular flexibility index (Phi) is 17.9. The summed E-state index contributed by atoms with van der Waals surface area (Å²) in [5.41, 5.74) is 0. The summed E-state index contributed by atoms with van der Waals surface area (Å²) in [7, 11) is 0. The lowest BCUT2D eigenvalue weighted by atomic mass is 9.97. The first-order valence-corrected chi connectivity index (χ1v) is 11.3. The molecule has 0 fully saturated rings. The fourth-order valence-corrected chi connectivity index (χ4v) is 3.39. The smallest absolute Gasteiger partial charge is 0.305 e. The van der Waals surface area contributed by atoms with Crippen LogP contribution < -0.4 is 0 Å². The quantitative estimate of drug-likeness (QED) is 0.186. The highest BCUT2D eigenvalue weighted by atomic mass is 16.5. The van der Waals surface area contributed by atoms with Gasteiger partial charge in [-0.15, -0.1) is 0 Å². The first-order valence-electron chi connectivity index (χ1n) is 11.3. The van der Waals surface area contributed by atoms with Gasteiger partial charge in [0.2, 0.25) is 0 Å². The van der Waals surface area contributed by atoms with Crippen LogP contribution in [-0.4, -0.2) is 12.6 Å². The number of unbranched alkanes of at least 4 members (excludes halogenated alkanes) is 8. The number of hydrogen-bond acceptors (Lipinski definition) is 2. The summed E-state index contributed by atoms with van der Waals surface area (Å²) in [4.78, 5) is 11.9. The topological polar surface area (TPSA) is 26.3 Å². The highest BCUT2D eigenvalue weighted by Crippen LogP contribution is 2.17. The molecule has 2 nitrogen and oxygen atoms in total. The number of hydrogen-bond donors (Lipinski definition) is 0. The summed E-state index contributed by atoms with van der Waals surface area (Å²) in [6.45, 7) is 9.70. The van der Waals surface area contributed by atoms with Crippen LogP contribution in [0.4, 0.5) is 0 Å². The Morgan fingerprint density at radius 1 is 0.720 bits per heavy atom. The molecule has 150 valence electrons. The molecule has 0 aromatic rings.